The molecule has 1 aliphatic rings. The van der Waals surface area contributed by atoms with Crippen molar-refractivity contribution >= 4 is 22.9 Å². The van der Waals surface area contributed by atoms with Crippen LogP contribution in [0.5, 0.6) is 0 Å². The Balaban J connectivity index is 2.10. The van der Waals surface area contributed by atoms with Gasteiger partial charge in [0.25, 0.3) is 0 Å². The Labute approximate surface area is 114 Å². The lowest BCUT2D eigenvalue weighted by molar-refractivity contribution is 0.227. The van der Waals surface area contributed by atoms with Gasteiger partial charge in [-0.05, 0) is 43.4 Å². The molecule has 2 rings (SSSR count). The molecular formula is C14H22ClNS. The Hall–Kier alpha value is -0.0500. The molecule has 1 fully saturated rings. The highest BCUT2D eigenvalue weighted by molar-refractivity contribution is 7.16. The topological polar surface area (TPSA) is 12.0 Å². The van der Waals surface area contributed by atoms with Gasteiger partial charge < -0.3 is 5.32 Å². The molecule has 1 aromatic rings. The average molecular weight is 272 g/mol. The summed E-state index contributed by atoms with van der Waals surface area (Å²) in [7, 11) is 0. The number of thiophene rings is 1. The first-order valence-electron chi connectivity index (χ1n) is 6.69. The van der Waals surface area contributed by atoms with Crippen molar-refractivity contribution in [3.63, 3.8) is 0 Å². The van der Waals surface area contributed by atoms with Gasteiger partial charge in [-0.3, -0.25) is 0 Å². The van der Waals surface area contributed by atoms with Crippen molar-refractivity contribution in [1.82, 2.24) is 5.32 Å². The lowest BCUT2D eigenvalue weighted by atomic mass is 9.78. The molecule has 0 radical (unpaired) electrons. The SMILES string of the molecule is CCNC(c1ccc(Cl)s1)C1CCCC(C)C1. The van der Waals surface area contributed by atoms with E-state index in [1.54, 1.807) is 11.3 Å². The third kappa shape index (κ3) is 3.46. The summed E-state index contributed by atoms with van der Waals surface area (Å²) in [5.41, 5.74) is 0. The summed E-state index contributed by atoms with van der Waals surface area (Å²) in [4.78, 5) is 1.41. The summed E-state index contributed by atoms with van der Waals surface area (Å²) in [6.45, 7) is 5.61. The molecular weight excluding hydrogens is 250 g/mol. The van der Waals surface area contributed by atoms with Gasteiger partial charge in [-0.15, -0.1) is 11.3 Å². The van der Waals surface area contributed by atoms with Crippen molar-refractivity contribution in [2.45, 2.75) is 45.6 Å². The molecule has 0 amide bonds. The molecule has 1 aliphatic carbocycles. The Morgan fingerprint density at radius 2 is 2.29 bits per heavy atom. The molecule has 0 aromatic carbocycles. The van der Waals surface area contributed by atoms with Gasteiger partial charge in [0.15, 0.2) is 0 Å². The predicted octanol–water partition coefficient (Wildman–Crippen LogP) is 4.88. The molecule has 0 aliphatic heterocycles. The van der Waals surface area contributed by atoms with E-state index in [-0.39, 0.29) is 0 Å². The van der Waals surface area contributed by atoms with E-state index in [1.165, 1.54) is 30.6 Å². The van der Waals surface area contributed by atoms with Gasteiger partial charge in [0, 0.05) is 10.9 Å². The first-order valence-corrected chi connectivity index (χ1v) is 7.88. The Morgan fingerprint density at radius 1 is 1.47 bits per heavy atom. The van der Waals surface area contributed by atoms with Gasteiger partial charge in [-0.2, -0.15) is 0 Å². The van der Waals surface area contributed by atoms with Crippen molar-refractivity contribution in [1.29, 1.82) is 0 Å². The van der Waals surface area contributed by atoms with E-state index in [2.05, 4.69) is 25.2 Å². The molecule has 0 spiro atoms. The predicted molar refractivity (Wildman–Crippen MR) is 76.9 cm³/mol. The minimum atomic E-state index is 0.514. The van der Waals surface area contributed by atoms with Crippen LogP contribution in [0.2, 0.25) is 4.34 Å². The monoisotopic (exact) mass is 271 g/mol. The normalized spacial score (nSPS) is 27.0. The zero-order chi connectivity index (χ0) is 12.3. The molecule has 0 bridgehead atoms. The van der Waals surface area contributed by atoms with Crippen LogP contribution in [-0.2, 0) is 0 Å². The standard InChI is InChI=1S/C14H22ClNS/c1-3-16-14(12-7-8-13(15)17-12)11-6-4-5-10(2)9-11/h7-8,10-11,14,16H,3-6,9H2,1-2H3. The zero-order valence-electron chi connectivity index (χ0n) is 10.7. The van der Waals surface area contributed by atoms with Crippen molar-refractivity contribution in [3.8, 4) is 0 Å². The second-order valence-corrected chi connectivity index (χ2v) is 6.96. The van der Waals surface area contributed by atoms with E-state index in [0.29, 0.717) is 6.04 Å². The van der Waals surface area contributed by atoms with Crippen molar-refractivity contribution in [3.05, 3.63) is 21.3 Å². The van der Waals surface area contributed by atoms with E-state index in [0.717, 1.165) is 22.7 Å². The smallest absolute Gasteiger partial charge is 0.0931 e. The van der Waals surface area contributed by atoms with Gasteiger partial charge >= 0.3 is 0 Å². The van der Waals surface area contributed by atoms with Crippen molar-refractivity contribution in [2.75, 3.05) is 6.54 Å². The van der Waals surface area contributed by atoms with E-state index < -0.39 is 0 Å². The van der Waals surface area contributed by atoms with E-state index in [9.17, 15) is 0 Å². The van der Waals surface area contributed by atoms with Crippen LogP contribution in [0.15, 0.2) is 12.1 Å². The molecule has 1 aromatic heterocycles. The highest BCUT2D eigenvalue weighted by atomic mass is 35.5. The Bertz CT molecular complexity index is 350. The molecule has 96 valence electrons. The third-order valence-electron chi connectivity index (χ3n) is 3.77. The average Bonchev–Trinajstić information content (AvgIpc) is 2.72. The summed E-state index contributed by atoms with van der Waals surface area (Å²) in [6, 6.07) is 4.73. The molecule has 17 heavy (non-hydrogen) atoms. The lowest BCUT2D eigenvalue weighted by Crippen LogP contribution is -2.30. The maximum absolute atomic E-state index is 6.06. The summed E-state index contributed by atoms with van der Waals surface area (Å²) in [6.07, 6.45) is 5.50. The summed E-state index contributed by atoms with van der Waals surface area (Å²) >= 11 is 7.80. The minimum Gasteiger partial charge on any atom is -0.309 e. The lowest BCUT2D eigenvalue weighted by Gasteiger charge is -2.33. The highest BCUT2D eigenvalue weighted by Crippen LogP contribution is 2.39. The molecule has 3 heteroatoms. The van der Waals surface area contributed by atoms with Crippen LogP contribution < -0.4 is 5.32 Å². The largest absolute Gasteiger partial charge is 0.309 e. The van der Waals surface area contributed by atoms with Crippen LogP contribution >= 0.6 is 22.9 Å². The quantitative estimate of drug-likeness (QED) is 0.823. The molecule has 0 saturated heterocycles. The maximum Gasteiger partial charge on any atom is 0.0931 e. The molecule has 1 heterocycles. The maximum atomic E-state index is 6.06. The van der Waals surface area contributed by atoms with E-state index in [4.69, 9.17) is 11.6 Å². The number of hydrogen-bond acceptors (Lipinski definition) is 2. The highest BCUT2D eigenvalue weighted by Gasteiger charge is 2.28. The number of hydrogen-bond donors (Lipinski definition) is 1. The summed E-state index contributed by atoms with van der Waals surface area (Å²) in [5.74, 6) is 1.67. The second-order valence-electron chi connectivity index (χ2n) is 5.21. The van der Waals surface area contributed by atoms with Gasteiger partial charge in [0.05, 0.1) is 4.34 Å². The van der Waals surface area contributed by atoms with Crippen LogP contribution in [0.4, 0.5) is 0 Å². The molecule has 3 atom stereocenters. The van der Waals surface area contributed by atoms with Gasteiger partial charge in [-0.1, -0.05) is 38.3 Å². The Kier molecular flexibility index (Phi) is 4.89. The van der Waals surface area contributed by atoms with E-state index >= 15 is 0 Å². The van der Waals surface area contributed by atoms with Crippen LogP contribution in [0, 0.1) is 11.8 Å². The first kappa shape index (κ1) is 13.4. The second kappa shape index (κ2) is 6.21. The fourth-order valence-corrected chi connectivity index (χ4v) is 4.23. The summed E-state index contributed by atoms with van der Waals surface area (Å²) in [5, 5.41) is 3.65. The van der Waals surface area contributed by atoms with E-state index in [1.807, 2.05) is 6.07 Å². The van der Waals surface area contributed by atoms with Gasteiger partial charge in [0.1, 0.15) is 0 Å². The van der Waals surface area contributed by atoms with Gasteiger partial charge in [0.2, 0.25) is 0 Å². The van der Waals surface area contributed by atoms with Crippen molar-refractivity contribution in [2.24, 2.45) is 11.8 Å². The number of rotatable bonds is 4. The molecule has 1 N–H and O–H groups in total. The summed E-state index contributed by atoms with van der Waals surface area (Å²) < 4.78 is 0.909. The molecule has 1 saturated carbocycles. The minimum absolute atomic E-state index is 0.514. The number of nitrogens with one attached hydrogen (secondary N) is 1. The van der Waals surface area contributed by atoms with Crippen molar-refractivity contribution < 1.29 is 0 Å². The van der Waals surface area contributed by atoms with Gasteiger partial charge in [-0.25, -0.2) is 0 Å². The zero-order valence-corrected chi connectivity index (χ0v) is 12.3. The molecule has 1 nitrogen and oxygen atoms in total. The van der Waals surface area contributed by atoms with Crippen LogP contribution in [0.25, 0.3) is 0 Å². The fourth-order valence-electron chi connectivity index (χ4n) is 3.00. The van der Waals surface area contributed by atoms with Crippen LogP contribution in [0.1, 0.15) is 50.4 Å². The fraction of sp³-hybridized carbons (Fsp3) is 0.714. The first-order chi connectivity index (χ1) is 8.20. The van der Waals surface area contributed by atoms with Crippen LogP contribution in [-0.4, -0.2) is 6.54 Å². The Morgan fingerprint density at radius 3 is 2.88 bits per heavy atom. The van der Waals surface area contributed by atoms with Crippen LogP contribution in [0.3, 0.4) is 0 Å². The third-order valence-corrected chi connectivity index (χ3v) is 5.09. The number of halogens is 1. The molecule has 3 unspecified atom stereocenters.